The summed E-state index contributed by atoms with van der Waals surface area (Å²) in [5.74, 6) is 1.23. The topological polar surface area (TPSA) is 27.0 Å². The average Bonchev–Trinajstić information content (AvgIpc) is 2.31. The van der Waals surface area contributed by atoms with Crippen LogP contribution >= 0.6 is 23.2 Å². The van der Waals surface area contributed by atoms with Crippen LogP contribution in [0.5, 0.6) is 0 Å². The molecule has 0 N–H and O–H groups in total. The Balaban J connectivity index is 2.27. The standard InChI is InChI=1S/C15H18Cl2N2/c1-10-5-11(2)9-19(8-10)15(7-18)13-4-3-12(16)6-14(13)17/h3-4,6,10-11,15H,5,8-9H2,1-2H3. The molecule has 3 atom stereocenters. The predicted molar refractivity (Wildman–Crippen MR) is 79.3 cm³/mol. The number of rotatable bonds is 2. The third-order valence-electron chi connectivity index (χ3n) is 3.64. The fourth-order valence-corrected chi connectivity index (χ4v) is 3.50. The zero-order chi connectivity index (χ0) is 14.0. The van der Waals surface area contributed by atoms with Crippen LogP contribution in [-0.2, 0) is 0 Å². The van der Waals surface area contributed by atoms with E-state index in [9.17, 15) is 5.26 Å². The van der Waals surface area contributed by atoms with Gasteiger partial charge in [0, 0.05) is 28.7 Å². The Bertz CT molecular complexity index is 485. The van der Waals surface area contributed by atoms with Crippen molar-refractivity contribution in [3.05, 3.63) is 33.8 Å². The zero-order valence-corrected chi connectivity index (χ0v) is 12.7. The van der Waals surface area contributed by atoms with E-state index >= 15 is 0 Å². The van der Waals surface area contributed by atoms with Gasteiger partial charge in [0.2, 0.25) is 0 Å². The highest BCUT2D eigenvalue weighted by Crippen LogP contribution is 2.33. The van der Waals surface area contributed by atoms with E-state index in [4.69, 9.17) is 23.2 Å². The average molecular weight is 297 g/mol. The second-order valence-electron chi connectivity index (χ2n) is 5.60. The van der Waals surface area contributed by atoms with Crippen LogP contribution in [0.15, 0.2) is 18.2 Å². The highest BCUT2D eigenvalue weighted by Gasteiger charge is 2.29. The molecule has 1 aliphatic rings. The van der Waals surface area contributed by atoms with Gasteiger partial charge in [-0.1, -0.05) is 43.1 Å². The lowest BCUT2D eigenvalue weighted by Crippen LogP contribution is -2.40. The van der Waals surface area contributed by atoms with Gasteiger partial charge in [0.15, 0.2) is 0 Å². The summed E-state index contributed by atoms with van der Waals surface area (Å²) in [5, 5.41) is 10.7. The molecule has 0 spiro atoms. The smallest absolute Gasteiger partial charge is 0.125 e. The molecule has 1 aromatic carbocycles. The second kappa shape index (κ2) is 6.13. The molecule has 4 heteroatoms. The van der Waals surface area contributed by atoms with E-state index in [1.54, 1.807) is 12.1 Å². The number of hydrogen-bond acceptors (Lipinski definition) is 2. The Hall–Kier alpha value is -0.750. The molecule has 102 valence electrons. The number of likely N-dealkylation sites (tertiary alicyclic amines) is 1. The van der Waals surface area contributed by atoms with Crippen LogP contribution < -0.4 is 0 Å². The summed E-state index contributed by atoms with van der Waals surface area (Å²) in [6, 6.07) is 7.47. The number of hydrogen-bond donors (Lipinski definition) is 0. The number of piperidine rings is 1. The zero-order valence-electron chi connectivity index (χ0n) is 11.2. The number of nitriles is 1. The Morgan fingerprint density at radius 1 is 1.26 bits per heavy atom. The van der Waals surface area contributed by atoms with E-state index in [2.05, 4.69) is 24.8 Å². The van der Waals surface area contributed by atoms with Crippen molar-refractivity contribution < 1.29 is 0 Å². The maximum atomic E-state index is 9.51. The maximum absolute atomic E-state index is 9.51. The Kier molecular flexibility index (Phi) is 4.73. The van der Waals surface area contributed by atoms with Gasteiger partial charge in [0.25, 0.3) is 0 Å². The van der Waals surface area contributed by atoms with Crippen LogP contribution in [0.25, 0.3) is 0 Å². The first kappa shape index (κ1) is 14.7. The first-order valence-corrected chi connectivity index (χ1v) is 7.35. The highest BCUT2D eigenvalue weighted by molar-refractivity contribution is 6.35. The molecule has 0 aliphatic carbocycles. The predicted octanol–water partition coefficient (Wildman–Crippen LogP) is 4.54. The Morgan fingerprint density at radius 3 is 2.42 bits per heavy atom. The molecule has 0 amide bonds. The maximum Gasteiger partial charge on any atom is 0.125 e. The van der Waals surface area contributed by atoms with Gasteiger partial charge < -0.3 is 0 Å². The summed E-state index contributed by atoms with van der Waals surface area (Å²) in [6.45, 7) is 6.37. The van der Waals surface area contributed by atoms with Crippen LogP contribution in [-0.4, -0.2) is 18.0 Å². The molecule has 1 fully saturated rings. The third kappa shape index (κ3) is 3.42. The lowest BCUT2D eigenvalue weighted by molar-refractivity contribution is 0.118. The molecule has 1 aromatic rings. The SMILES string of the molecule is CC1CC(C)CN(C(C#N)c2ccc(Cl)cc2Cl)C1. The van der Waals surface area contributed by atoms with Crippen molar-refractivity contribution in [3.63, 3.8) is 0 Å². The normalized spacial score (nSPS) is 25.8. The number of benzene rings is 1. The van der Waals surface area contributed by atoms with Gasteiger partial charge in [0.05, 0.1) is 6.07 Å². The molecule has 0 bridgehead atoms. The largest absolute Gasteiger partial charge is 0.284 e. The fraction of sp³-hybridized carbons (Fsp3) is 0.533. The summed E-state index contributed by atoms with van der Waals surface area (Å²) >= 11 is 12.1. The first-order chi connectivity index (χ1) is 9.01. The molecule has 3 unspecified atom stereocenters. The van der Waals surface area contributed by atoms with E-state index in [1.165, 1.54) is 6.42 Å². The molecule has 1 aliphatic heterocycles. The monoisotopic (exact) mass is 296 g/mol. The van der Waals surface area contributed by atoms with E-state index in [1.807, 2.05) is 6.07 Å². The molecule has 1 saturated heterocycles. The molecule has 0 radical (unpaired) electrons. The van der Waals surface area contributed by atoms with Crippen molar-refractivity contribution in [1.82, 2.24) is 4.90 Å². The van der Waals surface area contributed by atoms with Crippen LogP contribution in [0, 0.1) is 23.2 Å². The van der Waals surface area contributed by atoms with Gasteiger partial charge in [-0.25, -0.2) is 0 Å². The van der Waals surface area contributed by atoms with Crippen molar-refractivity contribution in [2.45, 2.75) is 26.3 Å². The first-order valence-electron chi connectivity index (χ1n) is 6.60. The minimum Gasteiger partial charge on any atom is -0.284 e. The minimum atomic E-state index is -0.282. The number of halogens is 2. The highest BCUT2D eigenvalue weighted by atomic mass is 35.5. The van der Waals surface area contributed by atoms with Gasteiger partial charge >= 0.3 is 0 Å². The van der Waals surface area contributed by atoms with Crippen molar-refractivity contribution >= 4 is 23.2 Å². The van der Waals surface area contributed by atoms with Crippen LogP contribution in [0.2, 0.25) is 10.0 Å². The molecule has 1 heterocycles. The van der Waals surface area contributed by atoms with Gasteiger partial charge in [0.1, 0.15) is 6.04 Å². The van der Waals surface area contributed by atoms with Crippen molar-refractivity contribution in [2.24, 2.45) is 11.8 Å². The summed E-state index contributed by atoms with van der Waals surface area (Å²) in [5.41, 5.74) is 0.856. The van der Waals surface area contributed by atoms with Crippen LogP contribution in [0.1, 0.15) is 31.9 Å². The summed E-state index contributed by atoms with van der Waals surface area (Å²) in [7, 11) is 0. The van der Waals surface area contributed by atoms with Crippen LogP contribution in [0.4, 0.5) is 0 Å². The van der Waals surface area contributed by atoms with Crippen LogP contribution in [0.3, 0.4) is 0 Å². The Morgan fingerprint density at radius 2 is 1.89 bits per heavy atom. The molecule has 0 aromatic heterocycles. The van der Waals surface area contributed by atoms with Crippen molar-refractivity contribution in [2.75, 3.05) is 13.1 Å². The molecular formula is C15H18Cl2N2. The molecular weight excluding hydrogens is 279 g/mol. The summed E-state index contributed by atoms with van der Waals surface area (Å²) in [4.78, 5) is 2.23. The summed E-state index contributed by atoms with van der Waals surface area (Å²) < 4.78 is 0. The Labute approximate surface area is 124 Å². The van der Waals surface area contributed by atoms with Gasteiger partial charge in [-0.3, -0.25) is 4.90 Å². The van der Waals surface area contributed by atoms with Crippen molar-refractivity contribution in [1.29, 1.82) is 5.26 Å². The van der Waals surface area contributed by atoms with Gasteiger partial charge in [-0.2, -0.15) is 5.26 Å². The van der Waals surface area contributed by atoms with Gasteiger partial charge in [-0.05, 0) is 30.4 Å². The fourth-order valence-electron chi connectivity index (χ4n) is 2.99. The van der Waals surface area contributed by atoms with E-state index in [-0.39, 0.29) is 6.04 Å². The van der Waals surface area contributed by atoms with E-state index < -0.39 is 0 Å². The molecule has 0 saturated carbocycles. The van der Waals surface area contributed by atoms with E-state index in [0.717, 1.165) is 18.7 Å². The second-order valence-corrected chi connectivity index (χ2v) is 6.44. The lowest BCUT2D eigenvalue weighted by Gasteiger charge is -2.37. The molecule has 2 nitrogen and oxygen atoms in total. The quantitative estimate of drug-likeness (QED) is 0.801. The lowest BCUT2D eigenvalue weighted by atomic mass is 9.90. The molecule has 2 rings (SSSR count). The number of nitrogens with zero attached hydrogens (tertiary/aromatic N) is 2. The third-order valence-corrected chi connectivity index (χ3v) is 4.20. The van der Waals surface area contributed by atoms with E-state index in [0.29, 0.717) is 21.9 Å². The minimum absolute atomic E-state index is 0.282. The van der Waals surface area contributed by atoms with Gasteiger partial charge in [-0.15, -0.1) is 0 Å². The van der Waals surface area contributed by atoms with Crippen molar-refractivity contribution in [3.8, 4) is 6.07 Å². The molecule has 19 heavy (non-hydrogen) atoms. The summed E-state index contributed by atoms with van der Waals surface area (Å²) in [6.07, 6.45) is 1.23.